The third-order valence-electron chi connectivity index (χ3n) is 6.76. The van der Waals surface area contributed by atoms with Gasteiger partial charge in [0.25, 0.3) is 11.8 Å². The second-order valence-electron chi connectivity index (χ2n) is 11.2. The van der Waals surface area contributed by atoms with Crippen molar-refractivity contribution >= 4 is 35.0 Å². The summed E-state index contributed by atoms with van der Waals surface area (Å²) >= 11 is 5.93. The van der Waals surface area contributed by atoms with Crippen molar-refractivity contribution in [2.75, 3.05) is 51.7 Å². The van der Waals surface area contributed by atoms with Crippen molar-refractivity contribution in [1.29, 1.82) is 0 Å². The summed E-state index contributed by atoms with van der Waals surface area (Å²) in [5, 5.41) is 0.286. The summed E-state index contributed by atoms with van der Waals surface area (Å²) in [6, 6.07) is 8.72. The van der Waals surface area contributed by atoms with Crippen LogP contribution in [0.4, 0.5) is 10.1 Å². The fourth-order valence-electron chi connectivity index (χ4n) is 4.85. The lowest BCUT2D eigenvalue weighted by Gasteiger charge is -2.41. The monoisotopic (exact) mass is 528 g/mol. The van der Waals surface area contributed by atoms with Crippen LogP contribution in [0, 0.1) is 11.2 Å². The first kappa shape index (κ1) is 27.1. The maximum atomic E-state index is 14.7. The number of carbonyl (C=O) groups excluding carboxylic acids is 3. The van der Waals surface area contributed by atoms with E-state index in [1.54, 1.807) is 45.0 Å². The third-order valence-corrected chi connectivity index (χ3v) is 6.99. The molecule has 4 rings (SSSR count). The van der Waals surface area contributed by atoms with Gasteiger partial charge in [-0.15, -0.1) is 0 Å². The zero-order chi connectivity index (χ0) is 27.1. The molecule has 0 saturated carbocycles. The number of fused-ring (bicyclic) bond motifs is 2. The van der Waals surface area contributed by atoms with Gasteiger partial charge in [0.2, 0.25) is 5.91 Å². The predicted molar refractivity (Wildman–Crippen MR) is 143 cm³/mol. The molecule has 2 aromatic rings. The Hall–Kier alpha value is -2.97. The molecule has 198 valence electrons. The van der Waals surface area contributed by atoms with Crippen molar-refractivity contribution < 1.29 is 18.8 Å². The largest absolute Gasteiger partial charge is 0.338 e. The molecule has 0 aliphatic carbocycles. The smallest absolute Gasteiger partial charge is 0.256 e. The number of amides is 3. The number of likely N-dealkylation sites (N-methyl/N-ethyl adjacent to an activating group) is 1. The molecule has 0 spiro atoms. The second-order valence-corrected chi connectivity index (χ2v) is 11.7. The van der Waals surface area contributed by atoms with E-state index in [4.69, 9.17) is 11.6 Å². The SMILES string of the molecule is CN(C)CCN1C(=O)[C@H]2CN(C(=O)CC(C)(C)C)CCN2C(=O)c2cc(-c3ccc(Cl)cc3F)ccc21. The number of hydrogen-bond acceptors (Lipinski definition) is 4. The first-order chi connectivity index (χ1) is 17.4. The zero-order valence-corrected chi connectivity index (χ0v) is 22.8. The van der Waals surface area contributed by atoms with Crippen LogP contribution in [0.3, 0.4) is 0 Å². The van der Waals surface area contributed by atoms with Crippen LogP contribution < -0.4 is 4.90 Å². The van der Waals surface area contributed by atoms with E-state index in [2.05, 4.69) is 0 Å². The molecule has 7 nitrogen and oxygen atoms in total. The summed E-state index contributed by atoms with van der Waals surface area (Å²) in [5.74, 6) is -1.01. The van der Waals surface area contributed by atoms with Crippen LogP contribution in [0.15, 0.2) is 36.4 Å². The highest BCUT2D eigenvalue weighted by Crippen LogP contribution is 2.35. The van der Waals surface area contributed by atoms with E-state index >= 15 is 0 Å². The van der Waals surface area contributed by atoms with E-state index < -0.39 is 11.9 Å². The molecule has 3 amide bonds. The van der Waals surface area contributed by atoms with Crippen LogP contribution in [0.25, 0.3) is 11.1 Å². The van der Waals surface area contributed by atoms with Crippen molar-refractivity contribution in [3.8, 4) is 11.1 Å². The molecule has 2 heterocycles. The van der Waals surface area contributed by atoms with Gasteiger partial charge >= 0.3 is 0 Å². The Labute approximate surface area is 222 Å². The van der Waals surface area contributed by atoms with E-state index in [1.807, 2.05) is 39.8 Å². The van der Waals surface area contributed by atoms with Crippen molar-refractivity contribution in [3.05, 3.63) is 52.8 Å². The van der Waals surface area contributed by atoms with Crippen LogP contribution in [0.5, 0.6) is 0 Å². The first-order valence-corrected chi connectivity index (χ1v) is 12.9. The van der Waals surface area contributed by atoms with Gasteiger partial charge in [0.15, 0.2) is 0 Å². The van der Waals surface area contributed by atoms with Crippen molar-refractivity contribution in [2.45, 2.75) is 33.2 Å². The summed E-state index contributed by atoms with van der Waals surface area (Å²) in [6.45, 7) is 7.75. The molecule has 0 radical (unpaired) electrons. The van der Waals surface area contributed by atoms with Gasteiger partial charge < -0.3 is 19.6 Å². The number of benzene rings is 2. The molecule has 0 bridgehead atoms. The summed E-state index contributed by atoms with van der Waals surface area (Å²) < 4.78 is 14.7. The standard InChI is InChI=1S/C28H34ClFN4O3/c1-28(2,3)16-25(35)32-11-13-34-24(17-32)27(37)33(12-10-31(4)5)23-9-6-18(14-21(23)26(34)36)20-8-7-19(29)15-22(20)30/h6-9,14-15,24H,10-13,16-17H2,1-5H3/t24-/m1/s1. The zero-order valence-electron chi connectivity index (χ0n) is 22.1. The summed E-state index contributed by atoms with van der Waals surface area (Å²) in [5.41, 5.74) is 1.51. The Balaban J connectivity index is 1.74. The van der Waals surface area contributed by atoms with E-state index in [0.717, 1.165) is 0 Å². The molecule has 1 atom stereocenters. The average molecular weight is 529 g/mol. The molecular weight excluding hydrogens is 495 g/mol. The first-order valence-electron chi connectivity index (χ1n) is 12.5. The molecule has 2 aromatic carbocycles. The van der Waals surface area contributed by atoms with Crippen molar-refractivity contribution in [3.63, 3.8) is 0 Å². The quantitative estimate of drug-likeness (QED) is 0.585. The number of anilines is 1. The van der Waals surface area contributed by atoms with Crippen LogP contribution in [0.1, 0.15) is 37.6 Å². The highest BCUT2D eigenvalue weighted by Gasteiger charge is 2.43. The third kappa shape index (κ3) is 5.80. The normalized spacial score (nSPS) is 18.2. The molecule has 0 N–H and O–H groups in total. The molecule has 9 heteroatoms. The number of carbonyl (C=O) groups is 3. The average Bonchev–Trinajstić information content (AvgIpc) is 2.89. The topological polar surface area (TPSA) is 64.2 Å². The summed E-state index contributed by atoms with van der Waals surface area (Å²) in [6.07, 6.45) is 0.364. The Morgan fingerprint density at radius 2 is 1.81 bits per heavy atom. The molecule has 1 saturated heterocycles. The fraction of sp³-hybridized carbons (Fsp3) is 0.464. The number of halogens is 2. The van der Waals surface area contributed by atoms with E-state index in [9.17, 15) is 18.8 Å². The Bertz CT molecular complexity index is 1230. The number of rotatable bonds is 5. The molecule has 2 aliphatic heterocycles. The minimum Gasteiger partial charge on any atom is -0.338 e. The van der Waals surface area contributed by atoms with Crippen LogP contribution in [-0.2, 0) is 9.59 Å². The maximum Gasteiger partial charge on any atom is 0.256 e. The number of nitrogens with zero attached hydrogens (tertiary/aromatic N) is 4. The molecule has 0 unspecified atom stereocenters. The Morgan fingerprint density at radius 1 is 1.08 bits per heavy atom. The Kier molecular flexibility index (Phi) is 7.62. The van der Waals surface area contributed by atoms with Gasteiger partial charge in [0.05, 0.1) is 17.8 Å². The lowest BCUT2D eigenvalue weighted by atomic mass is 9.91. The lowest BCUT2D eigenvalue weighted by Crippen LogP contribution is -2.61. The summed E-state index contributed by atoms with van der Waals surface area (Å²) in [4.78, 5) is 47.6. The highest BCUT2D eigenvalue weighted by molar-refractivity contribution is 6.30. The van der Waals surface area contributed by atoms with Crippen LogP contribution in [-0.4, -0.2) is 85.3 Å². The van der Waals surface area contributed by atoms with Gasteiger partial charge in [-0.1, -0.05) is 38.4 Å². The van der Waals surface area contributed by atoms with Gasteiger partial charge in [-0.2, -0.15) is 0 Å². The van der Waals surface area contributed by atoms with Gasteiger partial charge in [-0.25, -0.2) is 4.39 Å². The van der Waals surface area contributed by atoms with Crippen molar-refractivity contribution in [1.82, 2.24) is 14.7 Å². The van der Waals surface area contributed by atoms with Crippen LogP contribution in [0.2, 0.25) is 5.02 Å². The predicted octanol–water partition coefficient (Wildman–Crippen LogP) is 4.14. The van der Waals surface area contributed by atoms with Gasteiger partial charge in [0, 0.05) is 43.2 Å². The van der Waals surface area contributed by atoms with E-state index in [0.29, 0.717) is 48.4 Å². The number of piperazine rings is 1. The molecular formula is C28H34ClFN4O3. The van der Waals surface area contributed by atoms with E-state index in [1.165, 1.54) is 6.07 Å². The second kappa shape index (κ2) is 10.4. The molecule has 2 aliphatic rings. The minimum atomic E-state index is -0.782. The Morgan fingerprint density at radius 3 is 2.46 bits per heavy atom. The lowest BCUT2D eigenvalue weighted by molar-refractivity contribution is -0.137. The summed E-state index contributed by atoms with van der Waals surface area (Å²) in [7, 11) is 3.83. The fourth-order valence-corrected chi connectivity index (χ4v) is 5.01. The molecule has 1 fully saturated rings. The molecule has 37 heavy (non-hydrogen) atoms. The highest BCUT2D eigenvalue weighted by atomic mass is 35.5. The van der Waals surface area contributed by atoms with Gasteiger partial charge in [0.1, 0.15) is 11.9 Å². The number of hydrogen-bond donors (Lipinski definition) is 0. The van der Waals surface area contributed by atoms with E-state index in [-0.39, 0.29) is 41.2 Å². The molecule has 0 aromatic heterocycles. The van der Waals surface area contributed by atoms with Crippen LogP contribution >= 0.6 is 11.6 Å². The van der Waals surface area contributed by atoms with Gasteiger partial charge in [-0.3, -0.25) is 14.4 Å². The minimum absolute atomic E-state index is 0.0190. The van der Waals surface area contributed by atoms with Gasteiger partial charge in [-0.05, 0) is 55.4 Å². The maximum absolute atomic E-state index is 14.7. The van der Waals surface area contributed by atoms with Crippen molar-refractivity contribution in [2.24, 2.45) is 5.41 Å².